The van der Waals surface area contributed by atoms with Crippen molar-refractivity contribution >= 4 is 11.7 Å². The summed E-state index contributed by atoms with van der Waals surface area (Å²) in [6.45, 7) is 1.42. The van der Waals surface area contributed by atoms with Crippen LogP contribution in [0.4, 0.5) is 19.3 Å². The van der Waals surface area contributed by atoms with E-state index in [-0.39, 0.29) is 23.2 Å². The number of hydrogen-bond acceptors (Lipinski definition) is 4. The lowest BCUT2D eigenvalue weighted by atomic mass is 9.65. The summed E-state index contributed by atoms with van der Waals surface area (Å²) in [7, 11) is 3.78. The number of amides is 2. The molecule has 0 bridgehead atoms. The van der Waals surface area contributed by atoms with Crippen molar-refractivity contribution in [3.63, 3.8) is 0 Å². The van der Waals surface area contributed by atoms with Crippen molar-refractivity contribution in [2.45, 2.75) is 49.8 Å². The average molecular weight is 522 g/mol. The zero-order chi connectivity index (χ0) is 26.7. The highest BCUT2D eigenvalue weighted by Gasteiger charge is 2.50. The van der Waals surface area contributed by atoms with Gasteiger partial charge in [-0.05, 0) is 74.7 Å². The molecule has 1 heterocycles. The maximum Gasteiger partial charge on any atom is 0.319 e. The third kappa shape index (κ3) is 5.31. The van der Waals surface area contributed by atoms with Crippen LogP contribution in [0.15, 0.2) is 66.7 Å². The molecule has 2 amide bonds. The van der Waals surface area contributed by atoms with Gasteiger partial charge in [-0.2, -0.15) is 0 Å². The maximum atomic E-state index is 13.5. The van der Waals surface area contributed by atoms with E-state index in [0.29, 0.717) is 12.4 Å². The summed E-state index contributed by atoms with van der Waals surface area (Å²) in [6.07, 6.45) is 3.52. The van der Waals surface area contributed by atoms with Gasteiger partial charge in [0.05, 0.1) is 7.11 Å². The molecule has 2 fully saturated rings. The molecular weight excluding hydrogens is 488 g/mol. The van der Waals surface area contributed by atoms with Gasteiger partial charge in [0.15, 0.2) is 23.1 Å². The van der Waals surface area contributed by atoms with Crippen molar-refractivity contribution in [2.24, 2.45) is 0 Å². The highest BCUT2D eigenvalue weighted by molar-refractivity contribution is 5.89. The summed E-state index contributed by atoms with van der Waals surface area (Å²) in [6, 6.07) is 19.4. The normalized spacial score (nSPS) is 22.9. The fourth-order valence-corrected chi connectivity index (χ4v) is 6.01. The number of likely N-dealkylation sites (tertiary alicyclic amines) is 1. The number of rotatable bonds is 7. The second-order valence-corrected chi connectivity index (χ2v) is 10.2. The lowest BCUT2D eigenvalue weighted by molar-refractivity contribution is 0.155. The highest BCUT2D eigenvalue weighted by Crippen LogP contribution is 2.50. The van der Waals surface area contributed by atoms with Crippen molar-refractivity contribution in [3.8, 4) is 11.5 Å². The molecule has 3 atom stereocenters. The van der Waals surface area contributed by atoms with E-state index in [2.05, 4.69) is 34.7 Å². The first-order valence-corrected chi connectivity index (χ1v) is 13.0. The minimum atomic E-state index is -0.996. The second kappa shape index (κ2) is 11.0. The molecule has 200 valence electrons. The Hall–Kier alpha value is -3.65. The van der Waals surface area contributed by atoms with Crippen molar-refractivity contribution in [1.82, 2.24) is 10.2 Å². The Bertz CT molecular complexity index is 1290. The number of likely N-dealkylation sites (N-methyl/N-ethyl adjacent to an activating group) is 1. The predicted octanol–water partition coefficient (Wildman–Crippen LogP) is 5.87. The van der Waals surface area contributed by atoms with Crippen LogP contribution in [0.5, 0.6) is 11.5 Å². The fraction of sp³-hybridized carbons (Fsp3) is 0.367. The third-order valence-corrected chi connectivity index (χ3v) is 8.02. The average Bonchev–Trinajstić information content (AvgIpc) is 3.26. The Kier molecular flexibility index (Phi) is 7.51. The Morgan fingerprint density at radius 1 is 1.03 bits per heavy atom. The van der Waals surface area contributed by atoms with Crippen molar-refractivity contribution in [2.75, 3.05) is 26.0 Å². The van der Waals surface area contributed by atoms with Gasteiger partial charge in [0.2, 0.25) is 0 Å². The second-order valence-electron chi connectivity index (χ2n) is 10.2. The third-order valence-electron chi connectivity index (χ3n) is 8.02. The van der Waals surface area contributed by atoms with Crippen LogP contribution in [0.3, 0.4) is 0 Å². The minimum Gasteiger partial charge on any atom is -0.493 e. The van der Waals surface area contributed by atoms with Gasteiger partial charge < -0.3 is 25.0 Å². The largest absolute Gasteiger partial charge is 0.493 e. The number of nitrogens with zero attached hydrogens (tertiary/aromatic N) is 1. The Balaban J connectivity index is 1.30. The molecule has 0 aromatic heterocycles. The van der Waals surface area contributed by atoms with Crippen LogP contribution in [-0.2, 0) is 12.0 Å². The monoisotopic (exact) mass is 521 g/mol. The summed E-state index contributed by atoms with van der Waals surface area (Å²) < 4.78 is 38.5. The van der Waals surface area contributed by atoms with Crippen LogP contribution >= 0.6 is 0 Å². The molecule has 8 heteroatoms. The lowest BCUT2D eigenvalue weighted by Gasteiger charge is -2.45. The summed E-state index contributed by atoms with van der Waals surface area (Å²) in [4.78, 5) is 15.0. The molecular formula is C30H33F2N3O3. The number of ether oxygens (including phenoxy) is 2. The fourth-order valence-electron chi connectivity index (χ4n) is 6.01. The molecule has 5 rings (SSSR count). The van der Waals surface area contributed by atoms with Gasteiger partial charge in [-0.25, -0.2) is 13.6 Å². The van der Waals surface area contributed by atoms with Gasteiger partial charge in [0.1, 0.15) is 6.61 Å². The highest BCUT2D eigenvalue weighted by atomic mass is 19.2. The van der Waals surface area contributed by atoms with Gasteiger partial charge in [-0.15, -0.1) is 0 Å². The molecule has 6 nitrogen and oxygen atoms in total. The van der Waals surface area contributed by atoms with Crippen LogP contribution in [0.1, 0.15) is 36.8 Å². The number of benzene rings is 3. The topological polar surface area (TPSA) is 62.8 Å². The van der Waals surface area contributed by atoms with Crippen molar-refractivity contribution < 1.29 is 23.0 Å². The Morgan fingerprint density at radius 3 is 2.61 bits per heavy atom. The van der Waals surface area contributed by atoms with E-state index in [1.54, 1.807) is 7.11 Å². The molecule has 1 aliphatic carbocycles. The number of carbonyl (C=O) groups is 1. The quantitative estimate of drug-likeness (QED) is 0.408. The summed E-state index contributed by atoms with van der Waals surface area (Å²) >= 11 is 0. The Morgan fingerprint density at radius 2 is 1.84 bits per heavy atom. The van der Waals surface area contributed by atoms with Crippen LogP contribution < -0.4 is 20.1 Å². The van der Waals surface area contributed by atoms with E-state index in [1.165, 1.54) is 11.6 Å². The van der Waals surface area contributed by atoms with Crippen LogP contribution in [0.25, 0.3) is 0 Å². The van der Waals surface area contributed by atoms with Crippen LogP contribution in [-0.4, -0.2) is 43.7 Å². The molecule has 1 aliphatic heterocycles. The predicted molar refractivity (Wildman–Crippen MR) is 143 cm³/mol. The number of carbonyl (C=O) groups excluding carboxylic acids is 1. The van der Waals surface area contributed by atoms with E-state index < -0.39 is 17.7 Å². The van der Waals surface area contributed by atoms with Gasteiger partial charge in [0, 0.05) is 29.3 Å². The first-order chi connectivity index (χ1) is 18.4. The smallest absolute Gasteiger partial charge is 0.319 e. The van der Waals surface area contributed by atoms with Crippen LogP contribution in [0, 0.1) is 11.6 Å². The van der Waals surface area contributed by atoms with Crippen molar-refractivity contribution in [1.29, 1.82) is 0 Å². The lowest BCUT2D eigenvalue weighted by Crippen LogP contribution is -2.52. The number of halogens is 2. The Labute approximate surface area is 221 Å². The van der Waals surface area contributed by atoms with E-state index in [9.17, 15) is 13.6 Å². The first-order valence-electron chi connectivity index (χ1n) is 13.0. The molecule has 1 saturated heterocycles. The van der Waals surface area contributed by atoms with Crippen molar-refractivity contribution in [3.05, 3.63) is 89.5 Å². The molecule has 3 aromatic carbocycles. The first kappa shape index (κ1) is 26.0. The van der Waals surface area contributed by atoms with Gasteiger partial charge in [-0.1, -0.05) is 36.4 Å². The SMILES string of the molecule is COc1ccc([C@@]23CC[C@@H](NC(=O)Nc4ccc(F)c(F)c4)C[C@H]2N(C)CC3)cc1OCc1ccccc1. The summed E-state index contributed by atoms with van der Waals surface area (Å²) in [5, 5.41) is 5.65. The van der Waals surface area contributed by atoms with E-state index in [0.717, 1.165) is 55.7 Å². The standard InChI is InChI=1S/C30H33F2N3O3/c1-35-15-14-30(21-8-11-26(37-2)27(16-21)38-19-20-6-4-3-5-7-20)13-12-23(18-28(30)35)34-29(36)33-22-9-10-24(31)25(32)17-22/h3-11,16-17,23,28H,12-15,18-19H2,1-2H3,(H2,33,34,36)/t23-,28-,30+/m1/s1. The van der Waals surface area contributed by atoms with Gasteiger partial charge in [0.25, 0.3) is 0 Å². The van der Waals surface area contributed by atoms with E-state index >= 15 is 0 Å². The van der Waals surface area contributed by atoms with E-state index in [1.807, 2.05) is 36.4 Å². The number of anilines is 1. The molecule has 0 spiro atoms. The molecule has 2 N–H and O–H groups in total. The molecule has 38 heavy (non-hydrogen) atoms. The zero-order valence-electron chi connectivity index (χ0n) is 21.7. The number of nitrogens with one attached hydrogen (secondary N) is 2. The number of methoxy groups -OCH3 is 1. The number of fused-ring (bicyclic) bond motifs is 1. The zero-order valence-corrected chi connectivity index (χ0v) is 21.7. The minimum absolute atomic E-state index is 0.0361. The van der Waals surface area contributed by atoms with Gasteiger partial charge >= 0.3 is 6.03 Å². The molecule has 0 unspecified atom stereocenters. The number of urea groups is 1. The van der Waals surface area contributed by atoms with Crippen LogP contribution in [0.2, 0.25) is 0 Å². The number of hydrogen-bond donors (Lipinski definition) is 2. The molecule has 2 aliphatic rings. The van der Waals surface area contributed by atoms with E-state index in [4.69, 9.17) is 9.47 Å². The maximum absolute atomic E-state index is 13.5. The van der Waals surface area contributed by atoms with Gasteiger partial charge in [-0.3, -0.25) is 0 Å². The molecule has 1 saturated carbocycles. The molecule has 0 radical (unpaired) electrons. The molecule has 3 aromatic rings. The summed E-state index contributed by atoms with van der Waals surface area (Å²) in [5.74, 6) is -0.517. The summed E-state index contributed by atoms with van der Waals surface area (Å²) in [5.41, 5.74) is 2.47.